The minimum Gasteiger partial charge on any atom is -0.493 e. The third-order valence-electron chi connectivity index (χ3n) is 7.05. The van der Waals surface area contributed by atoms with Crippen LogP contribution < -0.4 is 28.4 Å². The lowest BCUT2D eigenvalue weighted by atomic mass is 10.1. The first-order valence-electron chi connectivity index (χ1n) is 13.2. The summed E-state index contributed by atoms with van der Waals surface area (Å²) in [5.41, 5.74) is 3.96. The van der Waals surface area contributed by atoms with Crippen LogP contribution in [0, 0.1) is 0 Å². The van der Waals surface area contributed by atoms with E-state index in [0.717, 1.165) is 56.1 Å². The zero-order valence-corrected chi connectivity index (χ0v) is 24.2. The van der Waals surface area contributed by atoms with Gasteiger partial charge in [-0.1, -0.05) is 12.2 Å². The topological polar surface area (TPSA) is 74.8 Å². The molecule has 2 aromatic carbocycles. The highest BCUT2D eigenvalue weighted by molar-refractivity contribution is 5.69. The van der Waals surface area contributed by atoms with Gasteiger partial charge >= 0.3 is 0 Å². The van der Waals surface area contributed by atoms with Gasteiger partial charge in [-0.05, 0) is 42.0 Å². The summed E-state index contributed by atoms with van der Waals surface area (Å²) in [6.07, 6.45) is 6.11. The van der Waals surface area contributed by atoms with Gasteiger partial charge in [-0.3, -0.25) is 14.8 Å². The maximum atomic E-state index is 5.59. The highest BCUT2D eigenvalue weighted by Crippen LogP contribution is 2.41. The second-order valence-corrected chi connectivity index (χ2v) is 9.37. The second-order valence-electron chi connectivity index (χ2n) is 9.37. The Morgan fingerprint density at radius 1 is 0.675 bits per heavy atom. The monoisotopic (exact) mass is 549 g/mol. The molecule has 1 fully saturated rings. The van der Waals surface area contributed by atoms with Gasteiger partial charge in [0.1, 0.15) is 0 Å². The normalized spacial score (nSPS) is 14.2. The van der Waals surface area contributed by atoms with Crippen LogP contribution in [0.4, 0.5) is 0 Å². The Labute approximate surface area is 236 Å². The third-order valence-corrected chi connectivity index (χ3v) is 7.05. The molecule has 0 radical (unpaired) electrons. The third kappa shape index (κ3) is 6.60. The van der Waals surface area contributed by atoms with Crippen molar-refractivity contribution >= 4 is 6.08 Å². The van der Waals surface area contributed by atoms with Crippen LogP contribution in [0.2, 0.25) is 0 Å². The lowest BCUT2D eigenvalue weighted by molar-refractivity contribution is 0.137. The largest absolute Gasteiger partial charge is 0.493 e. The van der Waals surface area contributed by atoms with E-state index >= 15 is 0 Å². The van der Waals surface area contributed by atoms with Crippen molar-refractivity contribution in [3.05, 3.63) is 59.8 Å². The number of benzene rings is 2. The molecule has 1 aliphatic rings. The fraction of sp³-hybridized carbons (Fsp3) is 0.387. The predicted octanol–water partition coefficient (Wildman–Crippen LogP) is 4.63. The van der Waals surface area contributed by atoms with Crippen molar-refractivity contribution in [3.8, 4) is 45.8 Å². The maximum Gasteiger partial charge on any atom is 0.203 e. The SMILES string of the molecule is COc1cc(-c2cc(CN3CCN(C/C=C/c4ccc(OC)c(OC)c4OC)CC3)ccn2)cc(OC)c1OC. The van der Waals surface area contributed by atoms with E-state index in [9.17, 15) is 0 Å². The molecule has 9 nitrogen and oxygen atoms in total. The van der Waals surface area contributed by atoms with Gasteiger partial charge in [0.15, 0.2) is 23.0 Å². The summed E-state index contributed by atoms with van der Waals surface area (Å²) in [7, 11) is 9.72. The molecule has 1 aliphatic heterocycles. The molecule has 0 saturated carbocycles. The van der Waals surface area contributed by atoms with Crippen molar-refractivity contribution < 1.29 is 28.4 Å². The Balaban J connectivity index is 1.35. The van der Waals surface area contributed by atoms with Crippen molar-refractivity contribution in [2.75, 3.05) is 75.4 Å². The number of hydrogen-bond acceptors (Lipinski definition) is 9. The van der Waals surface area contributed by atoms with Gasteiger partial charge in [-0.2, -0.15) is 0 Å². The molecule has 214 valence electrons. The number of nitrogens with zero attached hydrogens (tertiary/aromatic N) is 3. The van der Waals surface area contributed by atoms with E-state index in [-0.39, 0.29) is 0 Å². The lowest BCUT2D eigenvalue weighted by Crippen LogP contribution is -2.45. The Morgan fingerprint density at radius 3 is 1.90 bits per heavy atom. The Morgan fingerprint density at radius 2 is 1.30 bits per heavy atom. The van der Waals surface area contributed by atoms with Crippen LogP contribution in [-0.2, 0) is 6.54 Å². The second kappa shape index (κ2) is 13.9. The standard InChI is InChI=1S/C31H39N3O6/c1-35-26-10-9-23(29(38-4)31(26)40-6)8-7-13-33-14-16-34(17-15-33)21-22-11-12-32-25(18-22)24-19-27(36-2)30(39-5)28(20-24)37-3/h7-12,18-20H,13-17,21H2,1-6H3/b8-7+. The van der Waals surface area contributed by atoms with Crippen LogP contribution in [0.15, 0.2) is 48.7 Å². The molecule has 3 aromatic rings. The van der Waals surface area contributed by atoms with Crippen molar-refractivity contribution in [2.24, 2.45) is 0 Å². The molecule has 0 amide bonds. The number of aromatic nitrogens is 1. The van der Waals surface area contributed by atoms with Crippen molar-refractivity contribution in [3.63, 3.8) is 0 Å². The molecule has 40 heavy (non-hydrogen) atoms. The molecule has 2 heterocycles. The molecule has 0 unspecified atom stereocenters. The average Bonchev–Trinajstić information content (AvgIpc) is 3.00. The highest BCUT2D eigenvalue weighted by atomic mass is 16.5. The van der Waals surface area contributed by atoms with Crippen LogP contribution in [0.25, 0.3) is 17.3 Å². The van der Waals surface area contributed by atoms with Crippen LogP contribution in [-0.4, -0.2) is 90.2 Å². The Hall–Kier alpha value is -3.95. The van der Waals surface area contributed by atoms with Crippen LogP contribution in [0.3, 0.4) is 0 Å². The van der Waals surface area contributed by atoms with Crippen molar-refractivity contribution in [2.45, 2.75) is 6.54 Å². The number of piperazine rings is 1. The first-order valence-corrected chi connectivity index (χ1v) is 13.2. The van der Waals surface area contributed by atoms with Gasteiger partial charge in [0.2, 0.25) is 11.5 Å². The summed E-state index contributed by atoms with van der Waals surface area (Å²) in [4.78, 5) is 9.53. The van der Waals surface area contributed by atoms with Crippen molar-refractivity contribution in [1.82, 2.24) is 14.8 Å². The Kier molecular flexibility index (Phi) is 10.1. The molecular formula is C31H39N3O6. The summed E-state index contributed by atoms with van der Waals surface area (Å²) < 4.78 is 33.0. The molecule has 0 aliphatic carbocycles. The van der Waals surface area contributed by atoms with Gasteiger partial charge in [0.25, 0.3) is 0 Å². The van der Waals surface area contributed by atoms with Crippen LogP contribution in [0.5, 0.6) is 34.5 Å². The van der Waals surface area contributed by atoms with E-state index in [0.29, 0.717) is 34.5 Å². The number of rotatable bonds is 12. The van der Waals surface area contributed by atoms with Gasteiger partial charge < -0.3 is 28.4 Å². The molecule has 0 atom stereocenters. The summed E-state index contributed by atoms with van der Waals surface area (Å²) >= 11 is 0. The molecular weight excluding hydrogens is 510 g/mol. The Bertz CT molecular complexity index is 1280. The van der Waals surface area contributed by atoms with E-state index in [1.165, 1.54) is 5.56 Å². The molecule has 9 heteroatoms. The minimum absolute atomic E-state index is 0.570. The van der Waals surface area contributed by atoms with Gasteiger partial charge in [-0.15, -0.1) is 0 Å². The maximum absolute atomic E-state index is 5.59. The van der Waals surface area contributed by atoms with E-state index in [4.69, 9.17) is 28.4 Å². The zero-order chi connectivity index (χ0) is 28.5. The quantitative estimate of drug-likeness (QED) is 0.321. The molecule has 1 aromatic heterocycles. The first kappa shape index (κ1) is 29.0. The summed E-state index contributed by atoms with van der Waals surface area (Å²) in [6.45, 7) is 5.72. The molecule has 1 saturated heterocycles. The van der Waals surface area contributed by atoms with E-state index in [2.05, 4.69) is 39.1 Å². The van der Waals surface area contributed by atoms with Crippen molar-refractivity contribution in [1.29, 1.82) is 0 Å². The van der Waals surface area contributed by atoms with Gasteiger partial charge in [-0.25, -0.2) is 0 Å². The summed E-state index contributed by atoms with van der Waals surface area (Å²) in [5, 5.41) is 0. The number of pyridine rings is 1. The minimum atomic E-state index is 0.570. The predicted molar refractivity (Wildman–Crippen MR) is 156 cm³/mol. The zero-order valence-electron chi connectivity index (χ0n) is 24.2. The summed E-state index contributed by atoms with van der Waals surface area (Å²) in [5.74, 6) is 3.71. The fourth-order valence-corrected chi connectivity index (χ4v) is 4.93. The van der Waals surface area contributed by atoms with Gasteiger partial charge in [0.05, 0.1) is 48.4 Å². The lowest BCUT2D eigenvalue weighted by Gasteiger charge is -2.34. The number of hydrogen-bond donors (Lipinski definition) is 0. The van der Waals surface area contributed by atoms with E-state index in [1.54, 1.807) is 42.7 Å². The highest BCUT2D eigenvalue weighted by Gasteiger charge is 2.19. The number of ether oxygens (including phenoxy) is 6. The first-order chi connectivity index (χ1) is 19.5. The molecule has 0 bridgehead atoms. The molecule has 4 rings (SSSR count). The summed E-state index contributed by atoms with van der Waals surface area (Å²) in [6, 6.07) is 11.9. The van der Waals surface area contributed by atoms with E-state index in [1.807, 2.05) is 30.5 Å². The van der Waals surface area contributed by atoms with Gasteiger partial charge in [0, 0.05) is 56.6 Å². The van der Waals surface area contributed by atoms with Crippen LogP contribution >= 0.6 is 0 Å². The van der Waals surface area contributed by atoms with E-state index < -0.39 is 0 Å². The smallest absolute Gasteiger partial charge is 0.203 e. The average molecular weight is 550 g/mol. The number of methoxy groups -OCH3 is 6. The fourth-order valence-electron chi connectivity index (χ4n) is 4.93. The van der Waals surface area contributed by atoms with Crippen LogP contribution in [0.1, 0.15) is 11.1 Å². The molecule has 0 N–H and O–H groups in total. The molecule has 0 spiro atoms.